The third kappa shape index (κ3) is 3.16. The van der Waals surface area contributed by atoms with Crippen LogP contribution in [0.4, 0.5) is 0 Å². The highest BCUT2D eigenvalue weighted by atomic mass is 14.3. The molecule has 2 aliphatic rings. The Hall–Kier alpha value is -3.64. The van der Waals surface area contributed by atoms with Crippen molar-refractivity contribution in [3.63, 3.8) is 0 Å². The summed E-state index contributed by atoms with van der Waals surface area (Å²) in [6, 6.07) is 39.5. The molecule has 4 aromatic rings. The van der Waals surface area contributed by atoms with Gasteiger partial charge in [0.2, 0.25) is 0 Å². The summed E-state index contributed by atoms with van der Waals surface area (Å²) >= 11 is 0. The van der Waals surface area contributed by atoms with Crippen molar-refractivity contribution >= 4 is 11.1 Å². The Morgan fingerprint density at radius 3 is 1.26 bits per heavy atom. The van der Waals surface area contributed by atoms with Gasteiger partial charge in [-0.05, 0) is 50.9 Å². The smallest absolute Gasteiger partial charge is 0.00423 e. The van der Waals surface area contributed by atoms with Crippen LogP contribution in [0.25, 0.3) is 11.1 Å². The molecule has 0 aliphatic heterocycles. The van der Waals surface area contributed by atoms with E-state index in [4.69, 9.17) is 0 Å². The van der Waals surface area contributed by atoms with Gasteiger partial charge >= 0.3 is 0 Å². The normalized spacial score (nSPS) is 18.8. The number of hydrogen-bond donors (Lipinski definition) is 0. The van der Waals surface area contributed by atoms with E-state index in [0.717, 1.165) is 6.42 Å². The van der Waals surface area contributed by atoms with Crippen LogP contribution in [-0.2, 0) is 0 Å². The monoisotopic (exact) mass is 396 g/mol. The predicted molar refractivity (Wildman–Crippen MR) is 130 cm³/mol. The molecule has 2 unspecified atom stereocenters. The zero-order valence-corrected chi connectivity index (χ0v) is 17.4. The fraction of sp³-hybridized carbons (Fsp3) is 0.0968. The fourth-order valence-electron chi connectivity index (χ4n) is 5.30. The first-order chi connectivity index (χ1) is 15.4. The number of hydrogen-bond acceptors (Lipinski definition) is 0. The Labute approximate surface area is 184 Å². The molecule has 0 aromatic heterocycles. The average Bonchev–Trinajstić information content (AvgIpc) is 3.40. The van der Waals surface area contributed by atoms with Gasteiger partial charge in [0.05, 0.1) is 0 Å². The topological polar surface area (TPSA) is 0 Å². The molecular formula is C31H24. The standard InChI is InChI=1S/C31H24/c1-3-11-22(12-4-1)30-20-24(26-15-7-9-17-28(26)30)19-25-21-31(23-13-5-2-6-14-23)29-18-10-8-16-27(25)29/h1-18,20-21,24-25H,19H2. The van der Waals surface area contributed by atoms with Crippen LogP contribution in [0.3, 0.4) is 0 Å². The zero-order chi connectivity index (χ0) is 20.6. The molecule has 0 nitrogen and oxygen atoms in total. The van der Waals surface area contributed by atoms with Crippen molar-refractivity contribution in [2.75, 3.05) is 0 Å². The highest BCUT2D eigenvalue weighted by Crippen LogP contribution is 2.48. The number of benzene rings is 4. The molecule has 0 bridgehead atoms. The Kier molecular flexibility index (Phi) is 4.43. The first-order valence-electron chi connectivity index (χ1n) is 11.1. The molecule has 0 radical (unpaired) electrons. The van der Waals surface area contributed by atoms with Gasteiger partial charge in [-0.15, -0.1) is 0 Å². The first-order valence-corrected chi connectivity index (χ1v) is 11.1. The third-order valence-corrected chi connectivity index (χ3v) is 6.71. The zero-order valence-electron chi connectivity index (χ0n) is 17.4. The van der Waals surface area contributed by atoms with Gasteiger partial charge in [-0.25, -0.2) is 0 Å². The third-order valence-electron chi connectivity index (χ3n) is 6.71. The predicted octanol–water partition coefficient (Wildman–Crippen LogP) is 7.83. The van der Waals surface area contributed by atoms with Crippen LogP contribution in [-0.4, -0.2) is 0 Å². The van der Waals surface area contributed by atoms with Gasteiger partial charge in [-0.1, -0.05) is 121 Å². The van der Waals surface area contributed by atoms with Gasteiger partial charge in [0.1, 0.15) is 0 Å². The molecule has 0 heterocycles. The van der Waals surface area contributed by atoms with Gasteiger partial charge in [0.25, 0.3) is 0 Å². The van der Waals surface area contributed by atoms with E-state index < -0.39 is 0 Å². The Balaban J connectivity index is 1.40. The SMILES string of the molecule is C1=C(c2ccccc2)c2ccccc2C1CC1C=C(c2ccccc2)c2ccccc21. The summed E-state index contributed by atoms with van der Waals surface area (Å²) in [7, 11) is 0. The highest BCUT2D eigenvalue weighted by Gasteiger charge is 2.30. The van der Waals surface area contributed by atoms with Crippen molar-refractivity contribution < 1.29 is 0 Å². The number of allylic oxidation sites excluding steroid dienone is 2. The van der Waals surface area contributed by atoms with Gasteiger partial charge in [-0.2, -0.15) is 0 Å². The second-order valence-electron chi connectivity index (χ2n) is 8.52. The summed E-state index contributed by atoms with van der Waals surface area (Å²) in [5.74, 6) is 0.853. The van der Waals surface area contributed by atoms with Crippen molar-refractivity contribution in [1.82, 2.24) is 0 Å². The highest BCUT2D eigenvalue weighted by molar-refractivity contribution is 5.87. The van der Waals surface area contributed by atoms with E-state index >= 15 is 0 Å². The molecule has 0 saturated carbocycles. The van der Waals surface area contributed by atoms with Crippen molar-refractivity contribution in [1.29, 1.82) is 0 Å². The van der Waals surface area contributed by atoms with Crippen LogP contribution in [0, 0.1) is 0 Å². The van der Waals surface area contributed by atoms with Crippen LogP contribution in [0.5, 0.6) is 0 Å². The Morgan fingerprint density at radius 1 is 0.419 bits per heavy atom. The second-order valence-corrected chi connectivity index (χ2v) is 8.52. The molecule has 0 saturated heterocycles. The first kappa shape index (κ1) is 18.2. The lowest BCUT2D eigenvalue weighted by molar-refractivity contribution is 0.686. The average molecular weight is 397 g/mol. The minimum atomic E-state index is 0.427. The van der Waals surface area contributed by atoms with E-state index in [1.54, 1.807) is 0 Å². The molecule has 0 amide bonds. The Morgan fingerprint density at radius 2 is 0.806 bits per heavy atom. The Bertz CT molecular complexity index is 1190. The largest absolute Gasteiger partial charge is 0.0685 e. The van der Waals surface area contributed by atoms with Gasteiger partial charge in [-0.3, -0.25) is 0 Å². The minimum absolute atomic E-state index is 0.427. The lowest BCUT2D eigenvalue weighted by atomic mass is 9.87. The lowest BCUT2D eigenvalue weighted by Gasteiger charge is -2.16. The summed E-state index contributed by atoms with van der Waals surface area (Å²) in [5.41, 5.74) is 11.1. The molecule has 2 aliphatic carbocycles. The van der Waals surface area contributed by atoms with Crippen LogP contribution in [0.2, 0.25) is 0 Å². The molecule has 0 N–H and O–H groups in total. The summed E-state index contributed by atoms with van der Waals surface area (Å²) < 4.78 is 0. The quantitative estimate of drug-likeness (QED) is 0.330. The molecule has 2 atom stereocenters. The molecule has 4 aromatic carbocycles. The van der Waals surface area contributed by atoms with Gasteiger partial charge < -0.3 is 0 Å². The molecule has 0 spiro atoms. The fourth-order valence-corrected chi connectivity index (χ4v) is 5.30. The van der Waals surface area contributed by atoms with E-state index in [9.17, 15) is 0 Å². The number of fused-ring (bicyclic) bond motifs is 2. The molecular weight excluding hydrogens is 372 g/mol. The van der Waals surface area contributed by atoms with Crippen LogP contribution < -0.4 is 0 Å². The van der Waals surface area contributed by atoms with Gasteiger partial charge in [0, 0.05) is 11.8 Å². The van der Waals surface area contributed by atoms with E-state index in [2.05, 4.69) is 121 Å². The van der Waals surface area contributed by atoms with Crippen LogP contribution >= 0.6 is 0 Å². The summed E-state index contributed by atoms with van der Waals surface area (Å²) in [5, 5.41) is 0. The molecule has 31 heavy (non-hydrogen) atoms. The van der Waals surface area contributed by atoms with Crippen LogP contribution in [0.1, 0.15) is 51.6 Å². The van der Waals surface area contributed by atoms with Crippen molar-refractivity contribution in [2.45, 2.75) is 18.3 Å². The molecule has 0 heteroatoms. The van der Waals surface area contributed by atoms with Crippen molar-refractivity contribution in [3.8, 4) is 0 Å². The van der Waals surface area contributed by atoms with Crippen molar-refractivity contribution in [2.24, 2.45) is 0 Å². The number of rotatable bonds is 4. The van der Waals surface area contributed by atoms with E-state index in [-0.39, 0.29) is 0 Å². The maximum atomic E-state index is 2.50. The maximum absolute atomic E-state index is 2.50. The van der Waals surface area contributed by atoms with Crippen molar-refractivity contribution in [3.05, 3.63) is 155 Å². The van der Waals surface area contributed by atoms with E-state index in [0.29, 0.717) is 11.8 Å². The lowest BCUT2D eigenvalue weighted by Crippen LogP contribution is -2.00. The van der Waals surface area contributed by atoms with E-state index in [1.165, 1.54) is 44.5 Å². The van der Waals surface area contributed by atoms with Crippen LogP contribution in [0.15, 0.2) is 121 Å². The molecule has 6 rings (SSSR count). The van der Waals surface area contributed by atoms with E-state index in [1.807, 2.05) is 0 Å². The van der Waals surface area contributed by atoms with Gasteiger partial charge in [0.15, 0.2) is 0 Å². The summed E-state index contributed by atoms with van der Waals surface area (Å²) in [6.45, 7) is 0. The summed E-state index contributed by atoms with van der Waals surface area (Å²) in [6.07, 6.45) is 6.09. The molecule has 0 fully saturated rings. The second kappa shape index (κ2) is 7.56. The molecule has 148 valence electrons. The maximum Gasteiger partial charge on any atom is 0.00423 e. The minimum Gasteiger partial charge on any atom is -0.0685 e. The summed E-state index contributed by atoms with van der Waals surface area (Å²) in [4.78, 5) is 0.